The molecule has 0 unspecified atom stereocenters. The molecule has 2 aliphatic rings. The number of hydrogen-bond acceptors (Lipinski definition) is 4. The van der Waals surface area contributed by atoms with Crippen LogP contribution in [0.3, 0.4) is 0 Å². The minimum absolute atomic E-state index is 0.236. The fourth-order valence-corrected chi connectivity index (χ4v) is 4.63. The predicted octanol–water partition coefficient (Wildman–Crippen LogP) is 2.98. The Morgan fingerprint density at radius 3 is 3.05 bits per heavy atom. The van der Waals surface area contributed by atoms with Crippen molar-refractivity contribution in [2.24, 2.45) is 5.92 Å². The molecule has 1 amide bonds. The zero-order valence-electron chi connectivity index (χ0n) is 13.3. The standard InChI is InChI=1S/C17H24N2O2S/c1-13(2)5-6-16(20)19-11-17(12-19)8-15(10-22-17)21-14-4-3-7-18-9-14/h3-4,7,9,13,15H,5-6,8,10-12H2,1-2H3/t15-/m1/s1. The molecule has 0 saturated carbocycles. The summed E-state index contributed by atoms with van der Waals surface area (Å²) in [7, 11) is 0. The van der Waals surface area contributed by atoms with E-state index in [0.29, 0.717) is 18.2 Å². The number of nitrogens with zero attached hydrogens (tertiary/aromatic N) is 2. The molecule has 3 rings (SSSR count). The van der Waals surface area contributed by atoms with Crippen molar-refractivity contribution in [1.82, 2.24) is 9.88 Å². The first kappa shape index (κ1) is 15.7. The van der Waals surface area contributed by atoms with E-state index in [1.807, 2.05) is 28.8 Å². The lowest BCUT2D eigenvalue weighted by Crippen LogP contribution is -2.60. The number of amides is 1. The van der Waals surface area contributed by atoms with Gasteiger partial charge in [0.2, 0.25) is 5.91 Å². The number of carbonyl (C=O) groups is 1. The number of thioether (sulfide) groups is 1. The number of likely N-dealkylation sites (tertiary alicyclic amines) is 1. The minimum Gasteiger partial charge on any atom is -0.488 e. The molecule has 1 aromatic rings. The second-order valence-corrected chi connectivity index (χ2v) is 8.30. The molecule has 0 radical (unpaired) electrons. The highest BCUT2D eigenvalue weighted by atomic mass is 32.2. The summed E-state index contributed by atoms with van der Waals surface area (Å²) in [5.41, 5.74) is 0. The van der Waals surface area contributed by atoms with Crippen LogP contribution in [-0.2, 0) is 4.79 Å². The van der Waals surface area contributed by atoms with Crippen LogP contribution in [0, 0.1) is 5.92 Å². The average molecular weight is 320 g/mol. The third-order valence-electron chi connectivity index (χ3n) is 4.36. The number of aromatic nitrogens is 1. The molecular weight excluding hydrogens is 296 g/mol. The Kier molecular flexibility index (Phi) is 4.62. The second-order valence-electron chi connectivity index (χ2n) is 6.81. The monoisotopic (exact) mass is 320 g/mol. The van der Waals surface area contributed by atoms with Crippen LogP contribution in [0.15, 0.2) is 24.5 Å². The van der Waals surface area contributed by atoms with E-state index in [1.165, 1.54) is 0 Å². The fourth-order valence-electron chi connectivity index (χ4n) is 3.10. The smallest absolute Gasteiger partial charge is 0.222 e. The normalized spacial score (nSPS) is 22.9. The SMILES string of the molecule is CC(C)CCC(=O)N1CC2(C[C@@H](Oc3cccnc3)CS2)C1. The van der Waals surface area contributed by atoms with Crippen molar-refractivity contribution in [3.8, 4) is 5.75 Å². The van der Waals surface area contributed by atoms with E-state index < -0.39 is 0 Å². The van der Waals surface area contributed by atoms with Gasteiger partial charge in [0.15, 0.2) is 0 Å². The summed E-state index contributed by atoms with van der Waals surface area (Å²) in [6, 6.07) is 3.84. The zero-order valence-corrected chi connectivity index (χ0v) is 14.1. The number of rotatable bonds is 5. The van der Waals surface area contributed by atoms with Crippen LogP contribution >= 0.6 is 11.8 Å². The highest BCUT2D eigenvalue weighted by Gasteiger charge is 2.51. The first-order chi connectivity index (χ1) is 10.6. The maximum atomic E-state index is 12.1. The summed E-state index contributed by atoms with van der Waals surface area (Å²) in [5, 5.41) is 0. The molecule has 5 heteroatoms. The number of hydrogen-bond donors (Lipinski definition) is 0. The van der Waals surface area contributed by atoms with E-state index in [2.05, 4.69) is 18.8 Å². The van der Waals surface area contributed by atoms with Crippen molar-refractivity contribution < 1.29 is 9.53 Å². The second kappa shape index (κ2) is 6.49. The van der Waals surface area contributed by atoms with Crippen LogP contribution < -0.4 is 4.74 Å². The highest BCUT2D eigenvalue weighted by molar-refractivity contribution is 8.01. The Labute approximate surface area is 136 Å². The van der Waals surface area contributed by atoms with E-state index in [4.69, 9.17) is 4.74 Å². The quantitative estimate of drug-likeness (QED) is 0.836. The predicted molar refractivity (Wildman–Crippen MR) is 89.1 cm³/mol. The molecule has 1 atom stereocenters. The van der Waals surface area contributed by atoms with Crippen LogP contribution in [0.2, 0.25) is 0 Å². The van der Waals surface area contributed by atoms with E-state index in [0.717, 1.165) is 37.4 Å². The van der Waals surface area contributed by atoms with Crippen LogP contribution in [0.25, 0.3) is 0 Å². The molecule has 120 valence electrons. The zero-order chi connectivity index (χ0) is 15.6. The largest absolute Gasteiger partial charge is 0.488 e. The van der Waals surface area contributed by atoms with Crippen molar-refractivity contribution in [2.75, 3.05) is 18.8 Å². The van der Waals surface area contributed by atoms with Crippen molar-refractivity contribution >= 4 is 17.7 Å². The minimum atomic E-state index is 0.236. The summed E-state index contributed by atoms with van der Waals surface area (Å²) in [6.45, 7) is 6.11. The van der Waals surface area contributed by atoms with Crippen LogP contribution in [0.1, 0.15) is 33.1 Å². The lowest BCUT2D eigenvalue weighted by molar-refractivity contribution is -0.136. The maximum Gasteiger partial charge on any atom is 0.222 e. The lowest BCUT2D eigenvalue weighted by Gasteiger charge is -2.47. The van der Waals surface area contributed by atoms with Gasteiger partial charge < -0.3 is 9.64 Å². The maximum absolute atomic E-state index is 12.1. The summed E-state index contributed by atoms with van der Waals surface area (Å²) in [6.07, 6.45) is 6.46. The van der Waals surface area contributed by atoms with Crippen molar-refractivity contribution in [3.05, 3.63) is 24.5 Å². The molecule has 2 saturated heterocycles. The summed E-state index contributed by atoms with van der Waals surface area (Å²) >= 11 is 1.97. The molecule has 22 heavy (non-hydrogen) atoms. The van der Waals surface area contributed by atoms with Crippen molar-refractivity contribution in [1.29, 1.82) is 0 Å². The van der Waals surface area contributed by atoms with Gasteiger partial charge in [-0.3, -0.25) is 9.78 Å². The van der Waals surface area contributed by atoms with Gasteiger partial charge in [0, 0.05) is 37.9 Å². The van der Waals surface area contributed by atoms with Crippen LogP contribution in [0.5, 0.6) is 5.75 Å². The van der Waals surface area contributed by atoms with E-state index in [9.17, 15) is 4.79 Å². The van der Waals surface area contributed by atoms with Gasteiger partial charge in [-0.15, -0.1) is 11.8 Å². The van der Waals surface area contributed by atoms with E-state index in [1.54, 1.807) is 12.4 Å². The highest BCUT2D eigenvalue weighted by Crippen LogP contribution is 2.46. The van der Waals surface area contributed by atoms with Gasteiger partial charge >= 0.3 is 0 Å². The number of ether oxygens (including phenoxy) is 1. The molecule has 0 aliphatic carbocycles. The molecule has 3 heterocycles. The van der Waals surface area contributed by atoms with Crippen molar-refractivity contribution in [2.45, 2.75) is 44.0 Å². The molecule has 4 nitrogen and oxygen atoms in total. The Hall–Kier alpha value is -1.23. The van der Waals surface area contributed by atoms with Gasteiger partial charge in [0.1, 0.15) is 11.9 Å². The Morgan fingerprint density at radius 2 is 2.36 bits per heavy atom. The first-order valence-corrected chi connectivity index (χ1v) is 9.03. The third-order valence-corrected chi connectivity index (χ3v) is 5.93. The lowest BCUT2D eigenvalue weighted by atomic mass is 9.92. The van der Waals surface area contributed by atoms with Crippen LogP contribution in [0.4, 0.5) is 0 Å². The Morgan fingerprint density at radius 1 is 1.55 bits per heavy atom. The summed E-state index contributed by atoms with van der Waals surface area (Å²) in [5.74, 6) is 2.76. The van der Waals surface area contributed by atoms with E-state index in [-0.39, 0.29) is 10.9 Å². The van der Waals surface area contributed by atoms with Gasteiger partial charge in [-0.1, -0.05) is 13.8 Å². The summed E-state index contributed by atoms with van der Waals surface area (Å²) < 4.78 is 6.23. The van der Waals surface area contributed by atoms with Crippen LogP contribution in [-0.4, -0.2) is 45.5 Å². The van der Waals surface area contributed by atoms with E-state index >= 15 is 0 Å². The molecule has 0 aromatic carbocycles. The van der Waals surface area contributed by atoms with Gasteiger partial charge in [-0.25, -0.2) is 0 Å². The Balaban J connectivity index is 1.45. The fraction of sp³-hybridized carbons (Fsp3) is 0.647. The molecule has 2 fully saturated rings. The first-order valence-electron chi connectivity index (χ1n) is 8.05. The summed E-state index contributed by atoms with van der Waals surface area (Å²) in [4.78, 5) is 18.2. The van der Waals surface area contributed by atoms with Gasteiger partial charge in [0.25, 0.3) is 0 Å². The topological polar surface area (TPSA) is 42.4 Å². The molecule has 1 aromatic heterocycles. The Bertz CT molecular complexity index is 515. The third kappa shape index (κ3) is 3.57. The van der Waals surface area contributed by atoms with Gasteiger partial charge in [-0.2, -0.15) is 0 Å². The molecule has 0 N–H and O–H groups in total. The van der Waals surface area contributed by atoms with Crippen molar-refractivity contribution in [3.63, 3.8) is 0 Å². The number of pyridine rings is 1. The van der Waals surface area contributed by atoms with Gasteiger partial charge in [-0.05, 0) is 24.5 Å². The molecule has 2 aliphatic heterocycles. The average Bonchev–Trinajstić information content (AvgIpc) is 2.88. The molecule has 0 bridgehead atoms. The number of carbonyl (C=O) groups excluding carboxylic acids is 1. The van der Waals surface area contributed by atoms with Gasteiger partial charge in [0.05, 0.1) is 10.9 Å². The molecule has 1 spiro atoms. The molecular formula is C17H24N2O2S.